The fraction of sp³-hybridized carbons (Fsp3) is 0.538. The van der Waals surface area contributed by atoms with E-state index in [9.17, 15) is 17.2 Å². The molecule has 0 heterocycles. The van der Waals surface area contributed by atoms with Crippen LogP contribution < -0.4 is 0 Å². The second-order valence-corrected chi connectivity index (χ2v) is 7.52. The van der Waals surface area contributed by atoms with Crippen molar-refractivity contribution in [1.29, 1.82) is 0 Å². The number of benzene rings is 1. The minimum absolute atomic E-state index is 0.256. The molecular formula is C13H16ClF2NO2S. The van der Waals surface area contributed by atoms with Gasteiger partial charge in [0.15, 0.2) is 11.6 Å². The highest BCUT2D eigenvalue weighted by Crippen LogP contribution is 2.30. The first-order valence-electron chi connectivity index (χ1n) is 6.41. The van der Waals surface area contributed by atoms with Crippen LogP contribution in [0.2, 0.25) is 0 Å². The van der Waals surface area contributed by atoms with E-state index >= 15 is 0 Å². The number of alkyl halides is 1. The van der Waals surface area contributed by atoms with Gasteiger partial charge in [0, 0.05) is 13.1 Å². The zero-order valence-corrected chi connectivity index (χ0v) is 12.6. The molecule has 20 heavy (non-hydrogen) atoms. The molecule has 0 bridgehead atoms. The van der Waals surface area contributed by atoms with Crippen LogP contribution in [0.1, 0.15) is 25.7 Å². The van der Waals surface area contributed by atoms with Crippen molar-refractivity contribution >= 4 is 21.6 Å². The lowest BCUT2D eigenvalue weighted by Gasteiger charge is -2.34. The minimum Gasteiger partial charge on any atom is -0.207 e. The molecule has 1 aliphatic rings. The number of hydrogen-bond acceptors (Lipinski definition) is 2. The molecule has 0 aromatic heterocycles. The molecule has 2 unspecified atom stereocenters. The number of sulfonamides is 1. The van der Waals surface area contributed by atoms with Crippen LogP contribution >= 0.6 is 11.6 Å². The molecule has 0 amide bonds. The van der Waals surface area contributed by atoms with Crippen molar-refractivity contribution in [1.82, 2.24) is 4.31 Å². The SMILES string of the molecule is CN(C1CCCCC1Cl)S(=O)(=O)c1ccc(F)c(F)c1. The van der Waals surface area contributed by atoms with Crippen LogP contribution in [-0.2, 0) is 10.0 Å². The van der Waals surface area contributed by atoms with Gasteiger partial charge in [-0.15, -0.1) is 11.6 Å². The molecule has 0 spiro atoms. The van der Waals surface area contributed by atoms with Crippen LogP contribution in [0, 0.1) is 11.6 Å². The normalized spacial score (nSPS) is 24.1. The zero-order valence-electron chi connectivity index (χ0n) is 11.0. The Kier molecular flexibility index (Phi) is 4.66. The Balaban J connectivity index is 2.31. The number of nitrogens with zero attached hydrogens (tertiary/aromatic N) is 1. The maximum Gasteiger partial charge on any atom is 0.243 e. The van der Waals surface area contributed by atoms with Gasteiger partial charge in [0.2, 0.25) is 10.0 Å². The average Bonchev–Trinajstić information content (AvgIpc) is 2.41. The highest BCUT2D eigenvalue weighted by molar-refractivity contribution is 7.89. The molecule has 2 atom stereocenters. The Labute approximate surface area is 122 Å². The lowest BCUT2D eigenvalue weighted by molar-refractivity contribution is 0.290. The first-order valence-corrected chi connectivity index (χ1v) is 8.29. The fourth-order valence-corrected chi connectivity index (χ4v) is 4.41. The molecule has 2 rings (SSSR count). The highest BCUT2D eigenvalue weighted by Gasteiger charge is 2.34. The molecule has 1 fully saturated rings. The predicted octanol–water partition coefficient (Wildman–Crippen LogP) is 3.14. The molecule has 0 aliphatic heterocycles. The van der Waals surface area contributed by atoms with Gasteiger partial charge < -0.3 is 0 Å². The summed E-state index contributed by atoms with van der Waals surface area (Å²) in [5, 5.41) is -0.256. The summed E-state index contributed by atoms with van der Waals surface area (Å²) in [7, 11) is -2.44. The number of hydrogen-bond donors (Lipinski definition) is 0. The second-order valence-electron chi connectivity index (χ2n) is 4.96. The van der Waals surface area contributed by atoms with E-state index in [0.29, 0.717) is 12.5 Å². The molecule has 1 aromatic carbocycles. The maximum atomic E-state index is 13.2. The predicted molar refractivity (Wildman–Crippen MR) is 73.2 cm³/mol. The minimum atomic E-state index is -3.87. The van der Waals surface area contributed by atoms with Gasteiger partial charge in [-0.05, 0) is 31.0 Å². The summed E-state index contributed by atoms with van der Waals surface area (Å²) in [4.78, 5) is -0.256. The summed E-state index contributed by atoms with van der Waals surface area (Å²) in [6.07, 6.45) is 3.31. The molecular weight excluding hydrogens is 308 g/mol. The van der Waals surface area contributed by atoms with Gasteiger partial charge in [-0.25, -0.2) is 17.2 Å². The van der Waals surface area contributed by atoms with Crippen molar-refractivity contribution in [3.8, 4) is 0 Å². The van der Waals surface area contributed by atoms with Gasteiger partial charge in [0.05, 0.1) is 10.3 Å². The summed E-state index contributed by atoms with van der Waals surface area (Å²) in [5.41, 5.74) is 0. The van der Waals surface area contributed by atoms with Crippen LogP contribution in [0.15, 0.2) is 23.1 Å². The van der Waals surface area contributed by atoms with E-state index in [1.165, 1.54) is 11.4 Å². The van der Waals surface area contributed by atoms with Crippen LogP contribution in [-0.4, -0.2) is 31.2 Å². The second kappa shape index (κ2) is 5.95. The first-order chi connectivity index (χ1) is 9.34. The van der Waals surface area contributed by atoms with E-state index in [4.69, 9.17) is 11.6 Å². The third-order valence-electron chi connectivity index (χ3n) is 3.68. The Morgan fingerprint density at radius 2 is 1.85 bits per heavy atom. The van der Waals surface area contributed by atoms with Gasteiger partial charge in [-0.1, -0.05) is 12.8 Å². The fourth-order valence-electron chi connectivity index (χ4n) is 2.46. The summed E-state index contributed by atoms with van der Waals surface area (Å²) in [6.45, 7) is 0. The first kappa shape index (κ1) is 15.7. The third kappa shape index (κ3) is 2.97. The third-order valence-corrected chi connectivity index (χ3v) is 6.07. The van der Waals surface area contributed by atoms with Gasteiger partial charge in [0.1, 0.15) is 0 Å². The molecule has 7 heteroatoms. The van der Waals surface area contributed by atoms with E-state index in [2.05, 4.69) is 0 Å². The van der Waals surface area contributed by atoms with Crippen molar-refractivity contribution in [3.05, 3.63) is 29.8 Å². The quantitative estimate of drug-likeness (QED) is 0.801. The van der Waals surface area contributed by atoms with Gasteiger partial charge in [-0.2, -0.15) is 4.31 Å². The Morgan fingerprint density at radius 1 is 1.20 bits per heavy atom. The average molecular weight is 324 g/mol. The van der Waals surface area contributed by atoms with Crippen LogP contribution in [0.25, 0.3) is 0 Å². The van der Waals surface area contributed by atoms with Gasteiger partial charge in [-0.3, -0.25) is 0 Å². The zero-order chi connectivity index (χ0) is 14.9. The molecule has 112 valence electrons. The molecule has 3 nitrogen and oxygen atoms in total. The van der Waals surface area contributed by atoms with Crippen molar-refractivity contribution in [2.45, 2.75) is 42.0 Å². The van der Waals surface area contributed by atoms with E-state index < -0.39 is 21.7 Å². The summed E-state index contributed by atoms with van der Waals surface area (Å²) in [6, 6.07) is 2.27. The molecule has 0 saturated heterocycles. The largest absolute Gasteiger partial charge is 0.243 e. The Bertz CT molecular complexity index is 594. The molecule has 1 saturated carbocycles. The van der Waals surface area contributed by atoms with E-state index in [-0.39, 0.29) is 16.3 Å². The van der Waals surface area contributed by atoms with E-state index in [1.54, 1.807) is 0 Å². The van der Waals surface area contributed by atoms with Crippen molar-refractivity contribution in [3.63, 3.8) is 0 Å². The summed E-state index contributed by atoms with van der Waals surface area (Å²) < 4.78 is 52.1. The Hall–Kier alpha value is -0.720. The molecule has 0 radical (unpaired) electrons. The lowest BCUT2D eigenvalue weighted by atomic mass is 9.95. The number of rotatable bonds is 3. The van der Waals surface area contributed by atoms with Crippen LogP contribution in [0.5, 0.6) is 0 Å². The standard InChI is InChI=1S/C13H16ClF2NO2S/c1-17(13-5-3-2-4-10(13)14)20(18,19)9-6-7-11(15)12(16)8-9/h6-8,10,13H,2-5H2,1H3. The Morgan fingerprint density at radius 3 is 2.45 bits per heavy atom. The number of halogens is 3. The van der Waals surface area contributed by atoms with Crippen LogP contribution in [0.4, 0.5) is 8.78 Å². The topological polar surface area (TPSA) is 37.4 Å². The van der Waals surface area contributed by atoms with E-state index in [0.717, 1.165) is 31.4 Å². The maximum absolute atomic E-state index is 13.2. The van der Waals surface area contributed by atoms with Crippen molar-refractivity contribution in [2.75, 3.05) is 7.05 Å². The van der Waals surface area contributed by atoms with Gasteiger partial charge >= 0.3 is 0 Å². The molecule has 0 N–H and O–H groups in total. The monoisotopic (exact) mass is 323 g/mol. The molecule has 1 aromatic rings. The summed E-state index contributed by atoms with van der Waals surface area (Å²) >= 11 is 6.19. The molecule has 1 aliphatic carbocycles. The van der Waals surface area contributed by atoms with Crippen molar-refractivity contribution < 1.29 is 17.2 Å². The highest BCUT2D eigenvalue weighted by atomic mass is 35.5. The van der Waals surface area contributed by atoms with Crippen LogP contribution in [0.3, 0.4) is 0 Å². The smallest absolute Gasteiger partial charge is 0.207 e. The summed E-state index contributed by atoms with van der Waals surface area (Å²) in [5.74, 6) is -2.25. The van der Waals surface area contributed by atoms with Crippen molar-refractivity contribution in [2.24, 2.45) is 0 Å². The lowest BCUT2D eigenvalue weighted by Crippen LogP contribution is -2.44. The van der Waals surface area contributed by atoms with E-state index in [1.807, 2.05) is 0 Å². The van der Waals surface area contributed by atoms with Gasteiger partial charge in [0.25, 0.3) is 0 Å².